The molecule has 4 nitrogen and oxygen atoms in total. The SMILES string of the molecule is O=C(Cn1c(-c2ccc(Cl)cc2Cl)nc2ccccc21)N1CCCC1. The molecule has 1 saturated heterocycles. The summed E-state index contributed by atoms with van der Waals surface area (Å²) in [5.41, 5.74) is 2.55. The molecule has 2 aromatic carbocycles. The second-order valence-corrected chi connectivity index (χ2v) is 7.07. The molecule has 0 spiro atoms. The summed E-state index contributed by atoms with van der Waals surface area (Å²) in [6, 6.07) is 13.2. The van der Waals surface area contributed by atoms with Gasteiger partial charge in [-0.2, -0.15) is 0 Å². The summed E-state index contributed by atoms with van der Waals surface area (Å²) in [6.45, 7) is 1.93. The number of imidazole rings is 1. The van der Waals surface area contributed by atoms with Gasteiger partial charge in [0.05, 0.1) is 16.1 Å². The van der Waals surface area contributed by atoms with E-state index in [0.29, 0.717) is 15.9 Å². The van der Waals surface area contributed by atoms with Crippen molar-refractivity contribution in [3.05, 3.63) is 52.5 Å². The molecule has 1 fully saturated rings. The molecule has 0 N–H and O–H groups in total. The lowest BCUT2D eigenvalue weighted by molar-refractivity contribution is -0.130. The first-order valence-corrected chi connectivity index (χ1v) is 9.07. The summed E-state index contributed by atoms with van der Waals surface area (Å²) in [5, 5.41) is 1.10. The van der Waals surface area contributed by atoms with Crippen LogP contribution in [0.2, 0.25) is 10.0 Å². The largest absolute Gasteiger partial charge is 0.341 e. The van der Waals surface area contributed by atoms with Crippen molar-refractivity contribution in [3.8, 4) is 11.4 Å². The Balaban J connectivity index is 1.81. The van der Waals surface area contributed by atoms with E-state index in [1.54, 1.807) is 12.1 Å². The molecule has 0 atom stereocenters. The van der Waals surface area contributed by atoms with Gasteiger partial charge in [0.1, 0.15) is 12.4 Å². The highest BCUT2D eigenvalue weighted by molar-refractivity contribution is 6.36. The quantitative estimate of drug-likeness (QED) is 0.670. The van der Waals surface area contributed by atoms with Gasteiger partial charge < -0.3 is 9.47 Å². The zero-order valence-corrected chi connectivity index (χ0v) is 15.1. The minimum atomic E-state index is 0.118. The van der Waals surface area contributed by atoms with Gasteiger partial charge >= 0.3 is 0 Å². The Hall–Kier alpha value is -2.04. The number of halogens is 2. The summed E-state index contributed by atoms with van der Waals surface area (Å²) in [7, 11) is 0. The first kappa shape index (κ1) is 16.4. The topological polar surface area (TPSA) is 38.1 Å². The molecule has 1 aliphatic heterocycles. The maximum Gasteiger partial charge on any atom is 0.242 e. The highest BCUT2D eigenvalue weighted by Gasteiger charge is 2.22. The van der Waals surface area contributed by atoms with Crippen molar-refractivity contribution in [1.82, 2.24) is 14.5 Å². The third-order valence-electron chi connectivity index (χ3n) is 4.58. The fraction of sp³-hybridized carbons (Fsp3) is 0.263. The van der Waals surface area contributed by atoms with Crippen molar-refractivity contribution in [2.24, 2.45) is 0 Å². The number of carbonyl (C=O) groups excluding carboxylic acids is 1. The van der Waals surface area contributed by atoms with Crippen molar-refractivity contribution < 1.29 is 4.79 Å². The molecule has 0 bridgehead atoms. The number of hydrogen-bond acceptors (Lipinski definition) is 2. The van der Waals surface area contributed by atoms with Crippen LogP contribution in [0.5, 0.6) is 0 Å². The molecular formula is C19H17Cl2N3O. The van der Waals surface area contributed by atoms with Gasteiger partial charge in [-0.15, -0.1) is 0 Å². The number of benzene rings is 2. The molecule has 2 heterocycles. The highest BCUT2D eigenvalue weighted by Crippen LogP contribution is 2.32. The molecule has 0 unspecified atom stereocenters. The summed E-state index contributed by atoms with van der Waals surface area (Å²) < 4.78 is 1.95. The van der Waals surface area contributed by atoms with Crippen LogP contribution >= 0.6 is 23.2 Å². The smallest absolute Gasteiger partial charge is 0.242 e. The number of amides is 1. The number of carbonyl (C=O) groups is 1. The monoisotopic (exact) mass is 373 g/mol. The molecule has 0 aliphatic carbocycles. The van der Waals surface area contributed by atoms with Gasteiger partial charge in [-0.1, -0.05) is 35.3 Å². The molecule has 3 aromatic rings. The minimum absolute atomic E-state index is 0.118. The summed E-state index contributed by atoms with van der Waals surface area (Å²) in [6.07, 6.45) is 2.15. The number of rotatable bonds is 3. The molecule has 128 valence electrons. The van der Waals surface area contributed by atoms with E-state index in [2.05, 4.69) is 0 Å². The lowest BCUT2D eigenvalue weighted by atomic mass is 10.2. The highest BCUT2D eigenvalue weighted by atomic mass is 35.5. The van der Waals surface area contributed by atoms with Crippen LogP contribution in [-0.2, 0) is 11.3 Å². The van der Waals surface area contributed by atoms with Crippen LogP contribution in [0.25, 0.3) is 22.4 Å². The third-order valence-corrected chi connectivity index (χ3v) is 5.13. The summed E-state index contributed by atoms with van der Waals surface area (Å²) in [4.78, 5) is 19.3. The van der Waals surface area contributed by atoms with Gasteiger partial charge in [0, 0.05) is 23.7 Å². The molecule has 1 amide bonds. The molecule has 4 rings (SSSR count). The van der Waals surface area contributed by atoms with Gasteiger partial charge in [-0.05, 0) is 43.2 Å². The van der Waals surface area contributed by atoms with E-state index >= 15 is 0 Å². The number of nitrogens with zero attached hydrogens (tertiary/aromatic N) is 3. The molecule has 0 radical (unpaired) electrons. The van der Waals surface area contributed by atoms with Gasteiger partial charge in [0.15, 0.2) is 0 Å². The van der Waals surface area contributed by atoms with Crippen molar-refractivity contribution in [3.63, 3.8) is 0 Å². The molecule has 6 heteroatoms. The number of para-hydroxylation sites is 2. The third kappa shape index (κ3) is 3.12. The van der Waals surface area contributed by atoms with Gasteiger partial charge in [-0.25, -0.2) is 4.98 Å². The fourth-order valence-electron chi connectivity index (χ4n) is 3.31. The number of likely N-dealkylation sites (tertiary alicyclic amines) is 1. The van der Waals surface area contributed by atoms with Crippen LogP contribution in [-0.4, -0.2) is 33.4 Å². The number of fused-ring (bicyclic) bond motifs is 1. The van der Waals surface area contributed by atoms with Crippen molar-refractivity contribution in [2.45, 2.75) is 19.4 Å². The van der Waals surface area contributed by atoms with E-state index in [-0.39, 0.29) is 12.5 Å². The maximum atomic E-state index is 12.7. The Bertz CT molecular complexity index is 945. The van der Waals surface area contributed by atoms with E-state index in [0.717, 1.165) is 42.5 Å². The molecule has 0 saturated carbocycles. The van der Waals surface area contributed by atoms with E-state index in [9.17, 15) is 4.79 Å². The average Bonchev–Trinajstić information content (AvgIpc) is 3.24. The maximum absolute atomic E-state index is 12.7. The second kappa shape index (κ2) is 6.70. The second-order valence-electron chi connectivity index (χ2n) is 6.22. The van der Waals surface area contributed by atoms with Gasteiger partial charge in [0.25, 0.3) is 0 Å². The van der Waals surface area contributed by atoms with Crippen LogP contribution < -0.4 is 0 Å². The van der Waals surface area contributed by atoms with E-state index < -0.39 is 0 Å². The van der Waals surface area contributed by atoms with E-state index in [1.165, 1.54) is 0 Å². The number of aromatic nitrogens is 2. The predicted octanol–water partition coefficient (Wildman–Crippen LogP) is 4.63. The minimum Gasteiger partial charge on any atom is -0.341 e. The summed E-state index contributed by atoms with van der Waals surface area (Å²) >= 11 is 12.4. The zero-order valence-electron chi connectivity index (χ0n) is 13.6. The van der Waals surface area contributed by atoms with Crippen LogP contribution in [0, 0.1) is 0 Å². The van der Waals surface area contributed by atoms with E-state index in [4.69, 9.17) is 28.2 Å². The van der Waals surface area contributed by atoms with Crippen LogP contribution in [0.1, 0.15) is 12.8 Å². The average molecular weight is 374 g/mol. The van der Waals surface area contributed by atoms with Crippen LogP contribution in [0.4, 0.5) is 0 Å². The molecule has 1 aliphatic rings. The van der Waals surface area contributed by atoms with Gasteiger partial charge in [-0.3, -0.25) is 4.79 Å². The first-order chi connectivity index (χ1) is 12.1. The van der Waals surface area contributed by atoms with Crippen molar-refractivity contribution in [2.75, 3.05) is 13.1 Å². The molecular weight excluding hydrogens is 357 g/mol. The molecule has 25 heavy (non-hydrogen) atoms. The van der Waals surface area contributed by atoms with Crippen molar-refractivity contribution in [1.29, 1.82) is 0 Å². The first-order valence-electron chi connectivity index (χ1n) is 8.32. The standard InChI is InChI=1S/C19H17Cl2N3O/c20-13-7-8-14(15(21)11-13)19-22-16-5-1-2-6-17(16)24(19)12-18(25)23-9-3-4-10-23/h1-2,5-8,11H,3-4,9-10,12H2. The Morgan fingerprint density at radius 1 is 1.08 bits per heavy atom. The normalized spacial score (nSPS) is 14.4. The molecule has 1 aromatic heterocycles. The van der Waals surface area contributed by atoms with Crippen LogP contribution in [0.15, 0.2) is 42.5 Å². The van der Waals surface area contributed by atoms with Gasteiger partial charge in [0.2, 0.25) is 5.91 Å². The Morgan fingerprint density at radius 3 is 2.60 bits per heavy atom. The zero-order chi connectivity index (χ0) is 17.4. The predicted molar refractivity (Wildman–Crippen MR) is 101 cm³/mol. The van der Waals surface area contributed by atoms with Crippen LogP contribution in [0.3, 0.4) is 0 Å². The fourth-order valence-corrected chi connectivity index (χ4v) is 3.81. The lowest BCUT2D eigenvalue weighted by Gasteiger charge is -2.17. The Labute approximate surface area is 156 Å². The Morgan fingerprint density at radius 2 is 1.84 bits per heavy atom. The lowest BCUT2D eigenvalue weighted by Crippen LogP contribution is -2.31. The van der Waals surface area contributed by atoms with E-state index in [1.807, 2.05) is 39.8 Å². The Kier molecular flexibility index (Phi) is 4.40. The summed E-state index contributed by atoms with van der Waals surface area (Å²) in [5.74, 6) is 0.808. The van der Waals surface area contributed by atoms with Crippen molar-refractivity contribution >= 4 is 40.1 Å². The number of hydrogen-bond donors (Lipinski definition) is 0.